The summed E-state index contributed by atoms with van der Waals surface area (Å²) in [4.78, 5) is 11.4. The molecule has 1 atom stereocenters. The summed E-state index contributed by atoms with van der Waals surface area (Å²) in [6.07, 6.45) is 5.73. The lowest BCUT2D eigenvalue weighted by atomic mass is 9.82. The van der Waals surface area contributed by atoms with Crippen LogP contribution >= 0.6 is 0 Å². The molecule has 1 saturated carbocycles. The Balaban J connectivity index is 2.56. The first-order valence-corrected chi connectivity index (χ1v) is 5.61. The van der Waals surface area contributed by atoms with Crippen molar-refractivity contribution in [2.45, 2.75) is 51.7 Å². The van der Waals surface area contributed by atoms with Gasteiger partial charge in [-0.05, 0) is 26.7 Å². The number of esters is 1. The molecule has 3 nitrogen and oxygen atoms in total. The Morgan fingerprint density at radius 1 is 1.40 bits per heavy atom. The molecule has 0 heterocycles. The normalized spacial score (nSPS) is 21.8. The molecular weight excluding hydrogens is 190 g/mol. The zero-order valence-electron chi connectivity index (χ0n) is 9.71. The molecule has 3 heteroatoms. The van der Waals surface area contributed by atoms with Gasteiger partial charge in [0, 0.05) is 11.5 Å². The van der Waals surface area contributed by atoms with Gasteiger partial charge in [0.25, 0.3) is 0 Å². The fourth-order valence-corrected chi connectivity index (χ4v) is 2.05. The number of hydrogen-bond acceptors (Lipinski definition) is 3. The van der Waals surface area contributed by atoms with E-state index in [2.05, 4.69) is 6.58 Å². The predicted octanol–water partition coefficient (Wildman–Crippen LogP) is 2.36. The predicted molar refractivity (Wildman–Crippen MR) is 60.1 cm³/mol. The van der Waals surface area contributed by atoms with E-state index < -0.39 is 5.72 Å². The Morgan fingerprint density at radius 2 is 1.93 bits per heavy atom. The van der Waals surface area contributed by atoms with Crippen molar-refractivity contribution in [1.82, 2.24) is 0 Å². The number of ether oxygens (including phenoxy) is 1. The van der Waals surface area contributed by atoms with Gasteiger partial charge in [-0.2, -0.15) is 0 Å². The van der Waals surface area contributed by atoms with Crippen LogP contribution in [0.1, 0.15) is 46.0 Å². The van der Waals surface area contributed by atoms with Crippen molar-refractivity contribution in [2.75, 3.05) is 0 Å². The summed E-state index contributed by atoms with van der Waals surface area (Å²) >= 11 is 0. The first-order valence-electron chi connectivity index (χ1n) is 5.61. The quantitative estimate of drug-likeness (QED) is 0.443. The van der Waals surface area contributed by atoms with E-state index >= 15 is 0 Å². The van der Waals surface area contributed by atoms with E-state index in [4.69, 9.17) is 10.5 Å². The van der Waals surface area contributed by atoms with Crippen LogP contribution in [0.15, 0.2) is 12.2 Å². The lowest BCUT2D eigenvalue weighted by Crippen LogP contribution is -2.49. The topological polar surface area (TPSA) is 52.3 Å². The molecule has 2 N–H and O–H groups in total. The summed E-state index contributed by atoms with van der Waals surface area (Å²) in [6.45, 7) is 6.99. The highest BCUT2D eigenvalue weighted by Crippen LogP contribution is 2.32. The zero-order valence-corrected chi connectivity index (χ0v) is 9.71. The molecule has 86 valence electrons. The van der Waals surface area contributed by atoms with Crippen molar-refractivity contribution < 1.29 is 9.53 Å². The standard InChI is InChI=1S/C12H21NO2/c1-9(2)11(14)15-12(3,13)10-7-5-4-6-8-10/h10H,1,4-8,13H2,2-3H3. The van der Waals surface area contributed by atoms with E-state index in [-0.39, 0.29) is 11.9 Å². The van der Waals surface area contributed by atoms with Crippen molar-refractivity contribution in [1.29, 1.82) is 0 Å². The highest BCUT2D eigenvalue weighted by Gasteiger charge is 2.34. The van der Waals surface area contributed by atoms with Crippen LogP contribution < -0.4 is 5.73 Å². The van der Waals surface area contributed by atoms with Gasteiger partial charge >= 0.3 is 5.97 Å². The van der Waals surface area contributed by atoms with Gasteiger partial charge in [0.05, 0.1) is 0 Å². The van der Waals surface area contributed by atoms with Crippen LogP contribution in [0.2, 0.25) is 0 Å². The molecule has 1 aliphatic carbocycles. The lowest BCUT2D eigenvalue weighted by molar-refractivity contribution is -0.159. The minimum absolute atomic E-state index is 0.287. The number of nitrogens with two attached hydrogens (primary N) is 1. The van der Waals surface area contributed by atoms with Crippen molar-refractivity contribution in [3.05, 3.63) is 12.2 Å². The van der Waals surface area contributed by atoms with E-state index in [1.165, 1.54) is 19.3 Å². The lowest BCUT2D eigenvalue weighted by Gasteiger charge is -2.36. The fourth-order valence-electron chi connectivity index (χ4n) is 2.05. The molecule has 1 unspecified atom stereocenters. The smallest absolute Gasteiger partial charge is 0.334 e. The molecular formula is C12H21NO2. The second-order valence-electron chi connectivity index (χ2n) is 4.69. The summed E-state index contributed by atoms with van der Waals surface area (Å²) in [6, 6.07) is 0. The molecule has 0 aromatic rings. The van der Waals surface area contributed by atoms with Crippen LogP contribution in [-0.4, -0.2) is 11.7 Å². The van der Waals surface area contributed by atoms with E-state index in [0.717, 1.165) is 12.8 Å². The number of rotatable bonds is 3. The van der Waals surface area contributed by atoms with Crippen molar-refractivity contribution >= 4 is 5.97 Å². The van der Waals surface area contributed by atoms with Gasteiger partial charge in [-0.3, -0.25) is 5.73 Å². The molecule has 1 aliphatic rings. The summed E-state index contributed by atoms with van der Waals surface area (Å²) in [5, 5.41) is 0. The van der Waals surface area contributed by atoms with Gasteiger partial charge in [-0.1, -0.05) is 25.8 Å². The van der Waals surface area contributed by atoms with Crippen molar-refractivity contribution in [3.8, 4) is 0 Å². The van der Waals surface area contributed by atoms with Gasteiger partial charge < -0.3 is 4.74 Å². The average molecular weight is 211 g/mol. The monoisotopic (exact) mass is 211 g/mol. The fraction of sp³-hybridized carbons (Fsp3) is 0.750. The molecule has 1 rings (SSSR count). The molecule has 0 bridgehead atoms. The molecule has 15 heavy (non-hydrogen) atoms. The molecule has 0 radical (unpaired) electrons. The highest BCUT2D eigenvalue weighted by atomic mass is 16.6. The number of carbonyl (C=O) groups excluding carboxylic acids is 1. The third-order valence-electron chi connectivity index (χ3n) is 3.08. The molecule has 0 aromatic heterocycles. The van der Waals surface area contributed by atoms with Crippen LogP contribution in [-0.2, 0) is 9.53 Å². The van der Waals surface area contributed by atoms with Crippen LogP contribution in [0.3, 0.4) is 0 Å². The van der Waals surface area contributed by atoms with Crippen LogP contribution in [0.5, 0.6) is 0 Å². The van der Waals surface area contributed by atoms with Crippen LogP contribution in [0.4, 0.5) is 0 Å². The van der Waals surface area contributed by atoms with E-state index in [1.807, 2.05) is 0 Å². The maximum atomic E-state index is 11.4. The summed E-state index contributed by atoms with van der Waals surface area (Å²) in [7, 11) is 0. The van der Waals surface area contributed by atoms with Gasteiger partial charge in [0.15, 0.2) is 5.72 Å². The van der Waals surface area contributed by atoms with E-state index in [9.17, 15) is 4.79 Å². The van der Waals surface area contributed by atoms with E-state index in [0.29, 0.717) is 5.57 Å². The van der Waals surface area contributed by atoms with Crippen LogP contribution in [0, 0.1) is 5.92 Å². The van der Waals surface area contributed by atoms with Crippen LogP contribution in [0.25, 0.3) is 0 Å². The maximum absolute atomic E-state index is 11.4. The minimum atomic E-state index is -0.837. The van der Waals surface area contributed by atoms with Gasteiger partial charge in [0.1, 0.15) is 0 Å². The second-order valence-corrected chi connectivity index (χ2v) is 4.69. The summed E-state index contributed by atoms with van der Waals surface area (Å²) in [5.74, 6) is -0.0971. The molecule has 0 spiro atoms. The third-order valence-corrected chi connectivity index (χ3v) is 3.08. The molecule has 1 fully saturated rings. The Labute approximate surface area is 91.7 Å². The minimum Gasteiger partial charge on any atom is -0.441 e. The van der Waals surface area contributed by atoms with Gasteiger partial charge in [-0.25, -0.2) is 4.79 Å². The summed E-state index contributed by atoms with van der Waals surface area (Å²) in [5.41, 5.74) is 5.61. The average Bonchev–Trinajstić information content (AvgIpc) is 2.18. The number of hydrogen-bond donors (Lipinski definition) is 1. The second kappa shape index (κ2) is 4.79. The Morgan fingerprint density at radius 3 is 2.40 bits per heavy atom. The van der Waals surface area contributed by atoms with Crippen molar-refractivity contribution in [2.24, 2.45) is 11.7 Å². The Hall–Kier alpha value is -0.830. The Bertz CT molecular complexity index is 252. The zero-order chi connectivity index (χ0) is 11.5. The molecule has 0 aliphatic heterocycles. The highest BCUT2D eigenvalue weighted by molar-refractivity contribution is 5.87. The number of carbonyl (C=O) groups is 1. The van der Waals surface area contributed by atoms with E-state index in [1.54, 1.807) is 13.8 Å². The third kappa shape index (κ3) is 3.34. The first kappa shape index (κ1) is 12.2. The maximum Gasteiger partial charge on any atom is 0.334 e. The molecule has 0 aromatic carbocycles. The largest absolute Gasteiger partial charge is 0.441 e. The molecule has 0 amide bonds. The summed E-state index contributed by atoms with van der Waals surface area (Å²) < 4.78 is 5.28. The molecule has 0 saturated heterocycles. The van der Waals surface area contributed by atoms with Gasteiger partial charge in [-0.15, -0.1) is 0 Å². The van der Waals surface area contributed by atoms with Crippen molar-refractivity contribution in [3.63, 3.8) is 0 Å². The Kier molecular flexibility index (Phi) is 3.91. The first-order chi connectivity index (χ1) is 6.93. The SMILES string of the molecule is C=C(C)C(=O)OC(C)(N)C1CCCCC1. The van der Waals surface area contributed by atoms with Gasteiger partial charge in [0.2, 0.25) is 0 Å².